The molecule has 0 N–H and O–H groups in total. The molecule has 4 aromatic rings. The summed E-state index contributed by atoms with van der Waals surface area (Å²) in [6.45, 7) is 5.59. The van der Waals surface area contributed by atoms with Crippen LogP contribution in [0.15, 0.2) is 59.0 Å². The Bertz CT molecular complexity index is 1100. The summed E-state index contributed by atoms with van der Waals surface area (Å²) in [5.74, 6) is 2.34. The molecule has 1 aromatic heterocycles. The van der Waals surface area contributed by atoms with Crippen LogP contribution in [0.5, 0.6) is 11.5 Å². The summed E-state index contributed by atoms with van der Waals surface area (Å²) < 4.78 is 17.4. The van der Waals surface area contributed by atoms with Crippen molar-refractivity contribution in [3.05, 3.63) is 54.6 Å². The second-order valence-electron chi connectivity index (χ2n) is 7.21. The minimum atomic E-state index is 0.617. The average molecular weight is 389 g/mol. The topological polar surface area (TPSA) is 44.5 Å². The van der Waals surface area contributed by atoms with E-state index in [1.165, 1.54) is 19.3 Å². The first-order chi connectivity index (χ1) is 14.3. The predicted molar refractivity (Wildman–Crippen MR) is 118 cm³/mol. The van der Waals surface area contributed by atoms with Crippen LogP contribution in [0.1, 0.15) is 39.5 Å². The van der Waals surface area contributed by atoms with E-state index >= 15 is 0 Å². The van der Waals surface area contributed by atoms with E-state index in [-0.39, 0.29) is 0 Å². The van der Waals surface area contributed by atoms with Gasteiger partial charge in [0.1, 0.15) is 17.0 Å². The molecular formula is C25H27NO3. The molecule has 0 spiro atoms. The van der Waals surface area contributed by atoms with Crippen molar-refractivity contribution >= 4 is 21.9 Å². The van der Waals surface area contributed by atoms with E-state index in [4.69, 9.17) is 13.9 Å². The van der Waals surface area contributed by atoms with Crippen LogP contribution < -0.4 is 9.47 Å². The Morgan fingerprint density at radius 3 is 2.45 bits per heavy atom. The van der Waals surface area contributed by atoms with Crippen molar-refractivity contribution in [3.63, 3.8) is 0 Å². The summed E-state index contributed by atoms with van der Waals surface area (Å²) >= 11 is 0. The third-order valence-electron chi connectivity index (χ3n) is 5.00. The SMILES string of the molecule is CCCCCCOc1ccc2cc(-c3nc4ccc(OCC)cc4o3)ccc2c1. The van der Waals surface area contributed by atoms with E-state index in [9.17, 15) is 0 Å². The van der Waals surface area contributed by atoms with Gasteiger partial charge in [0, 0.05) is 11.6 Å². The highest BCUT2D eigenvalue weighted by atomic mass is 16.5. The van der Waals surface area contributed by atoms with Gasteiger partial charge in [0.25, 0.3) is 0 Å². The van der Waals surface area contributed by atoms with Gasteiger partial charge in [-0.05, 0) is 60.5 Å². The van der Waals surface area contributed by atoms with Gasteiger partial charge < -0.3 is 13.9 Å². The Kier molecular flexibility index (Phi) is 5.99. The number of rotatable bonds is 9. The van der Waals surface area contributed by atoms with E-state index < -0.39 is 0 Å². The van der Waals surface area contributed by atoms with Gasteiger partial charge in [-0.25, -0.2) is 4.98 Å². The van der Waals surface area contributed by atoms with Crippen LogP contribution in [0.3, 0.4) is 0 Å². The van der Waals surface area contributed by atoms with Gasteiger partial charge in [-0.3, -0.25) is 0 Å². The van der Waals surface area contributed by atoms with Gasteiger partial charge in [0.15, 0.2) is 5.58 Å². The molecule has 4 heteroatoms. The van der Waals surface area contributed by atoms with Gasteiger partial charge in [-0.1, -0.05) is 38.3 Å². The molecule has 0 atom stereocenters. The average Bonchev–Trinajstić information content (AvgIpc) is 3.17. The van der Waals surface area contributed by atoms with E-state index in [1.54, 1.807) is 0 Å². The van der Waals surface area contributed by atoms with Crippen LogP contribution in [-0.2, 0) is 0 Å². The second-order valence-corrected chi connectivity index (χ2v) is 7.21. The maximum Gasteiger partial charge on any atom is 0.227 e. The van der Waals surface area contributed by atoms with Crippen molar-refractivity contribution in [1.29, 1.82) is 0 Å². The minimum absolute atomic E-state index is 0.617. The van der Waals surface area contributed by atoms with Crippen LogP contribution >= 0.6 is 0 Å². The monoisotopic (exact) mass is 389 g/mol. The Morgan fingerprint density at radius 2 is 1.59 bits per heavy atom. The van der Waals surface area contributed by atoms with Gasteiger partial charge in [0.2, 0.25) is 5.89 Å². The van der Waals surface area contributed by atoms with E-state index in [0.717, 1.165) is 52.0 Å². The maximum absolute atomic E-state index is 5.98. The zero-order valence-corrected chi connectivity index (χ0v) is 17.1. The molecule has 0 unspecified atom stereocenters. The summed E-state index contributed by atoms with van der Waals surface area (Å²) in [5.41, 5.74) is 2.52. The summed E-state index contributed by atoms with van der Waals surface area (Å²) in [7, 11) is 0. The molecule has 0 saturated carbocycles. The molecule has 0 aliphatic carbocycles. The lowest BCUT2D eigenvalue weighted by Gasteiger charge is -2.08. The van der Waals surface area contributed by atoms with Crippen molar-refractivity contribution < 1.29 is 13.9 Å². The Balaban J connectivity index is 1.52. The quantitative estimate of drug-likeness (QED) is 0.289. The number of hydrogen-bond acceptors (Lipinski definition) is 4. The molecule has 0 bridgehead atoms. The summed E-state index contributed by atoms with van der Waals surface area (Å²) in [4.78, 5) is 4.63. The van der Waals surface area contributed by atoms with Crippen molar-refractivity contribution in [3.8, 4) is 23.0 Å². The molecule has 1 heterocycles. The van der Waals surface area contributed by atoms with Crippen LogP contribution in [0.25, 0.3) is 33.3 Å². The molecule has 0 amide bonds. The first kappa shape index (κ1) is 19.3. The Labute approximate surface area is 171 Å². The standard InChI is InChI=1S/C25H27NO3/c1-3-5-6-7-14-28-21-11-10-18-15-20(9-8-19(18)16-21)25-26-23-13-12-22(27-4-2)17-24(23)29-25/h8-13,15-17H,3-7,14H2,1-2H3. The largest absolute Gasteiger partial charge is 0.494 e. The fraction of sp³-hybridized carbons (Fsp3) is 0.320. The zero-order valence-electron chi connectivity index (χ0n) is 17.1. The highest BCUT2D eigenvalue weighted by Crippen LogP contribution is 2.30. The van der Waals surface area contributed by atoms with Gasteiger partial charge >= 0.3 is 0 Å². The highest BCUT2D eigenvalue weighted by molar-refractivity contribution is 5.88. The number of unbranched alkanes of at least 4 members (excludes halogenated alkanes) is 3. The lowest BCUT2D eigenvalue weighted by molar-refractivity contribution is 0.305. The van der Waals surface area contributed by atoms with Crippen LogP contribution in [-0.4, -0.2) is 18.2 Å². The predicted octanol–water partition coefficient (Wildman–Crippen LogP) is 7.01. The maximum atomic E-state index is 5.98. The minimum Gasteiger partial charge on any atom is -0.494 e. The number of aromatic nitrogens is 1. The fourth-order valence-corrected chi connectivity index (χ4v) is 3.45. The normalized spacial score (nSPS) is 11.2. The van der Waals surface area contributed by atoms with Crippen molar-refractivity contribution in [2.45, 2.75) is 39.5 Å². The molecule has 150 valence electrons. The van der Waals surface area contributed by atoms with Crippen LogP contribution in [0, 0.1) is 0 Å². The summed E-state index contributed by atoms with van der Waals surface area (Å²) in [6.07, 6.45) is 4.84. The van der Waals surface area contributed by atoms with Crippen molar-refractivity contribution in [2.24, 2.45) is 0 Å². The highest BCUT2D eigenvalue weighted by Gasteiger charge is 2.10. The summed E-state index contributed by atoms with van der Waals surface area (Å²) in [6, 6.07) is 18.2. The van der Waals surface area contributed by atoms with Crippen molar-refractivity contribution in [2.75, 3.05) is 13.2 Å². The number of benzene rings is 3. The van der Waals surface area contributed by atoms with E-state index in [1.807, 2.05) is 37.3 Å². The molecule has 0 radical (unpaired) electrons. The fourth-order valence-electron chi connectivity index (χ4n) is 3.45. The first-order valence-electron chi connectivity index (χ1n) is 10.5. The first-order valence-corrected chi connectivity index (χ1v) is 10.5. The molecule has 29 heavy (non-hydrogen) atoms. The Morgan fingerprint density at radius 1 is 0.793 bits per heavy atom. The smallest absolute Gasteiger partial charge is 0.227 e. The second kappa shape index (κ2) is 8.99. The van der Waals surface area contributed by atoms with Gasteiger partial charge in [-0.15, -0.1) is 0 Å². The van der Waals surface area contributed by atoms with Gasteiger partial charge in [-0.2, -0.15) is 0 Å². The molecule has 3 aromatic carbocycles. The number of hydrogen-bond donors (Lipinski definition) is 0. The Hall–Kier alpha value is -3.01. The third-order valence-corrected chi connectivity index (χ3v) is 5.00. The van der Waals surface area contributed by atoms with Gasteiger partial charge in [0.05, 0.1) is 13.2 Å². The van der Waals surface area contributed by atoms with Crippen molar-refractivity contribution in [1.82, 2.24) is 4.98 Å². The molecule has 4 nitrogen and oxygen atoms in total. The lowest BCUT2D eigenvalue weighted by atomic mass is 10.1. The number of ether oxygens (including phenoxy) is 2. The number of nitrogens with zero attached hydrogens (tertiary/aromatic N) is 1. The lowest BCUT2D eigenvalue weighted by Crippen LogP contribution is -1.97. The zero-order chi connectivity index (χ0) is 20.1. The number of fused-ring (bicyclic) bond motifs is 2. The molecule has 0 aliphatic heterocycles. The van der Waals surface area contributed by atoms with E-state index in [2.05, 4.69) is 36.2 Å². The third kappa shape index (κ3) is 4.53. The van der Waals surface area contributed by atoms with Crippen LogP contribution in [0.2, 0.25) is 0 Å². The number of oxazole rings is 1. The molecular weight excluding hydrogens is 362 g/mol. The molecule has 0 fully saturated rings. The van der Waals surface area contributed by atoms with Crippen LogP contribution in [0.4, 0.5) is 0 Å². The molecule has 0 saturated heterocycles. The van der Waals surface area contributed by atoms with E-state index in [0.29, 0.717) is 12.5 Å². The molecule has 0 aliphatic rings. The molecule has 4 rings (SSSR count). The summed E-state index contributed by atoms with van der Waals surface area (Å²) in [5, 5.41) is 2.28.